The number of carbonyl (C=O) groups excluding carboxylic acids is 1. The molecule has 0 aliphatic rings. The predicted molar refractivity (Wildman–Crippen MR) is 90.2 cm³/mol. The molecule has 22 heavy (non-hydrogen) atoms. The molecule has 0 aromatic heterocycles. The maximum absolute atomic E-state index is 12.2. The molecule has 3 nitrogen and oxygen atoms in total. The Morgan fingerprint density at radius 2 is 2.05 bits per heavy atom. The number of amides is 1. The SMILES string of the molecule is CCCc1cc(NC(=O)[C@H](O)c2cccc(Cl)c2)ccc1C. The number of aliphatic hydroxyl groups is 1. The lowest BCUT2D eigenvalue weighted by Crippen LogP contribution is -2.20. The van der Waals surface area contributed by atoms with Gasteiger partial charge in [-0.2, -0.15) is 0 Å². The Morgan fingerprint density at radius 1 is 1.27 bits per heavy atom. The van der Waals surface area contributed by atoms with Gasteiger partial charge in [-0.25, -0.2) is 0 Å². The van der Waals surface area contributed by atoms with E-state index in [2.05, 4.69) is 19.2 Å². The number of rotatable bonds is 5. The van der Waals surface area contributed by atoms with Crippen molar-refractivity contribution in [3.63, 3.8) is 0 Å². The second kappa shape index (κ2) is 7.43. The standard InChI is InChI=1S/C18H20ClNO2/c1-3-5-13-11-16(9-8-12(13)2)20-18(22)17(21)14-6-4-7-15(19)10-14/h4,6-11,17,21H,3,5H2,1-2H3,(H,20,22)/t17-/m1/s1. The van der Waals surface area contributed by atoms with E-state index in [-0.39, 0.29) is 0 Å². The third kappa shape index (κ3) is 4.09. The van der Waals surface area contributed by atoms with E-state index in [1.165, 1.54) is 11.1 Å². The van der Waals surface area contributed by atoms with Crippen LogP contribution in [0.1, 0.15) is 36.1 Å². The van der Waals surface area contributed by atoms with E-state index in [1.54, 1.807) is 24.3 Å². The van der Waals surface area contributed by atoms with Gasteiger partial charge in [0.25, 0.3) is 5.91 Å². The highest BCUT2D eigenvalue weighted by Gasteiger charge is 2.18. The van der Waals surface area contributed by atoms with Crippen molar-refractivity contribution in [2.75, 3.05) is 5.32 Å². The van der Waals surface area contributed by atoms with E-state index in [9.17, 15) is 9.90 Å². The van der Waals surface area contributed by atoms with Crippen LogP contribution >= 0.6 is 11.6 Å². The average Bonchev–Trinajstić information content (AvgIpc) is 2.50. The number of hydrogen-bond donors (Lipinski definition) is 2. The van der Waals surface area contributed by atoms with Crippen molar-refractivity contribution in [1.29, 1.82) is 0 Å². The molecule has 2 rings (SSSR count). The molecule has 0 unspecified atom stereocenters. The fourth-order valence-electron chi connectivity index (χ4n) is 2.33. The first-order valence-corrected chi connectivity index (χ1v) is 7.73. The van der Waals surface area contributed by atoms with Gasteiger partial charge in [0.1, 0.15) is 0 Å². The summed E-state index contributed by atoms with van der Waals surface area (Å²) >= 11 is 5.88. The number of benzene rings is 2. The third-order valence-electron chi connectivity index (χ3n) is 3.55. The van der Waals surface area contributed by atoms with Crippen LogP contribution in [-0.2, 0) is 11.2 Å². The Balaban J connectivity index is 2.13. The molecule has 2 aromatic rings. The number of carbonyl (C=O) groups is 1. The summed E-state index contributed by atoms with van der Waals surface area (Å²) in [5, 5.41) is 13.4. The van der Waals surface area contributed by atoms with Crippen LogP contribution in [-0.4, -0.2) is 11.0 Å². The molecular weight excluding hydrogens is 298 g/mol. The minimum absolute atomic E-state index is 0.464. The molecule has 1 amide bonds. The van der Waals surface area contributed by atoms with Crippen LogP contribution in [0.4, 0.5) is 5.69 Å². The minimum Gasteiger partial charge on any atom is -0.378 e. The third-order valence-corrected chi connectivity index (χ3v) is 3.78. The lowest BCUT2D eigenvalue weighted by molar-refractivity contribution is -0.124. The van der Waals surface area contributed by atoms with Gasteiger partial charge in [-0.15, -0.1) is 0 Å². The molecule has 0 heterocycles. The molecule has 0 spiro atoms. The Morgan fingerprint density at radius 3 is 2.73 bits per heavy atom. The summed E-state index contributed by atoms with van der Waals surface area (Å²) in [6, 6.07) is 12.5. The molecule has 1 atom stereocenters. The van der Waals surface area contributed by atoms with Crippen molar-refractivity contribution < 1.29 is 9.90 Å². The van der Waals surface area contributed by atoms with Crippen LogP contribution in [0.25, 0.3) is 0 Å². The second-order valence-electron chi connectivity index (χ2n) is 5.34. The molecule has 0 aliphatic carbocycles. The highest BCUT2D eigenvalue weighted by atomic mass is 35.5. The molecule has 0 saturated carbocycles. The van der Waals surface area contributed by atoms with Gasteiger partial charge in [0.05, 0.1) is 0 Å². The van der Waals surface area contributed by atoms with Crippen molar-refractivity contribution in [2.45, 2.75) is 32.8 Å². The normalized spacial score (nSPS) is 12.0. The van der Waals surface area contributed by atoms with Crippen molar-refractivity contribution in [3.05, 3.63) is 64.2 Å². The number of anilines is 1. The maximum Gasteiger partial charge on any atom is 0.257 e. The number of nitrogens with one attached hydrogen (secondary N) is 1. The van der Waals surface area contributed by atoms with Crippen LogP contribution < -0.4 is 5.32 Å². The molecule has 0 radical (unpaired) electrons. The van der Waals surface area contributed by atoms with Crippen LogP contribution in [0.15, 0.2) is 42.5 Å². The Bertz CT molecular complexity index is 670. The predicted octanol–water partition coefficient (Wildman–Crippen LogP) is 4.27. The van der Waals surface area contributed by atoms with Crippen LogP contribution in [0.5, 0.6) is 0 Å². The molecule has 4 heteroatoms. The average molecular weight is 318 g/mol. The molecule has 0 aliphatic heterocycles. The Hall–Kier alpha value is -1.84. The summed E-state index contributed by atoms with van der Waals surface area (Å²) < 4.78 is 0. The van der Waals surface area contributed by atoms with E-state index < -0.39 is 12.0 Å². The quantitative estimate of drug-likeness (QED) is 0.865. The van der Waals surface area contributed by atoms with E-state index in [1.807, 2.05) is 18.2 Å². The molecule has 116 valence electrons. The number of halogens is 1. The van der Waals surface area contributed by atoms with Gasteiger partial charge in [-0.3, -0.25) is 4.79 Å². The van der Waals surface area contributed by atoms with E-state index in [4.69, 9.17) is 11.6 Å². The first-order chi connectivity index (χ1) is 10.5. The van der Waals surface area contributed by atoms with Gasteiger partial charge >= 0.3 is 0 Å². The van der Waals surface area contributed by atoms with Crippen molar-refractivity contribution in [3.8, 4) is 0 Å². The highest BCUT2D eigenvalue weighted by Crippen LogP contribution is 2.21. The van der Waals surface area contributed by atoms with Gasteiger partial charge in [0.2, 0.25) is 0 Å². The monoisotopic (exact) mass is 317 g/mol. The van der Waals surface area contributed by atoms with Crippen molar-refractivity contribution in [2.24, 2.45) is 0 Å². The van der Waals surface area contributed by atoms with Crippen LogP contribution in [0.2, 0.25) is 5.02 Å². The number of hydrogen-bond acceptors (Lipinski definition) is 2. The van der Waals surface area contributed by atoms with Gasteiger partial charge in [0.15, 0.2) is 6.10 Å². The summed E-state index contributed by atoms with van der Waals surface area (Å²) in [5.74, 6) is -0.464. The molecule has 0 fully saturated rings. The van der Waals surface area contributed by atoms with Gasteiger partial charge < -0.3 is 10.4 Å². The number of aliphatic hydroxyl groups excluding tert-OH is 1. The Kier molecular flexibility index (Phi) is 5.58. The topological polar surface area (TPSA) is 49.3 Å². The fraction of sp³-hybridized carbons (Fsp3) is 0.278. The fourth-order valence-corrected chi connectivity index (χ4v) is 2.53. The zero-order valence-corrected chi connectivity index (χ0v) is 13.5. The Labute approximate surface area is 135 Å². The number of aryl methyl sites for hydroxylation is 2. The summed E-state index contributed by atoms with van der Waals surface area (Å²) in [6.45, 7) is 4.17. The van der Waals surface area contributed by atoms with E-state index in [0.717, 1.165) is 12.8 Å². The molecule has 0 saturated heterocycles. The zero-order valence-electron chi connectivity index (χ0n) is 12.8. The first kappa shape index (κ1) is 16.5. The lowest BCUT2D eigenvalue weighted by Gasteiger charge is -2.13. The van der Waals surface area contributed by atoms with Crippen molar-refractivity contribution in [1.82, 2.24) is 0 Å². The lowest BCUT2D eigenvalue weighted by atomic mass is 10.0. The summed E-state index contributed by atoms with van der Waals surface area (Å²) in [7, 11) is 0. The van der Waals surface area contributed by atoms with E-state index >= 15 is 0 Å². The van der Waals surface area contributed by atoms with Crippen LogP contribution in [0, 0.1) is 6.92 Å². The molecule has 2 N–H and O–H groups in total. The molecular formula is C18H20ClNO2. The molecule has 2 aromatic carbocycles. The summed E-state index contributed by atoms with van der Waals surface area (Å²) in [5.41, 5.74) is 3.58. The van der Waals surface area contributed by atoms with Crippen LogP contribution in [0.3, 0.4) is 0 Å². The first-order valence-electron chi connectivity index (χ1n) is 7.35. The summed E-state index contributed by atoms with van der Waals surface area (Å²) in [6.07, 6.45) is 0.769. The second-order valence-corrected chi connectivity index (χ2v) is 5.77. The minimum atomic E-state index is -1.24. The summed E-state index contributed by atoms with van der Waals surface area (Å²) in [4.78, 5) is 12.2. The van der Waals surface area contributed by atoms with Gasteiger partial charge in [0, 0.05) is 10.7 Å². The van der Waals surface area contributed by atoms with Gasteiger partial charge in [-0.05, 0) is 54.3 Å². The zero-order chi connectivity index (χ0) is 16.1. The van der Waals surface area contributed by atoms with E-state index in [0.29, 0.717) is 16.3 Å². The maximum atomic E-state index is 12.2. The largest absolute Gasteiger partial charge is 0.378 e. The molecule has 0 bridgehead atoms. The smallest absolute Gasteiger partial charge is 0.257 e. The van der Waals surface area contributed by atoms with Crippen molar-refractivity contribution >= 4 is 23.2 Å². The van der Waals surface area contributed by atoms with Gasteiger partial charge in [-0.1, -0.05) is 43.1 Å². The highest BCUT2D eigenvalue weighted by molar-refractivity contribution is 6.30.